The number of aromatic nitrogens is 2. The fourth-order valence-corrected chi connectivity index (χ4v) is 2.77. The van der Waals surface area contributed by atoms with E-state index in [2.05, 4.69) is 12.0 Å². The normalized spacial score (nSPS) is 23.4. The van der Waals surface area contributed by atoms with Crippen molar-refractivity contribution < 1.29 is 9.59 Å². The Kier molecular flexibility index (Phi) is 3.59. The van der Waals surface area contributed by atoms with Gasteiger partial charge in [0, 0.05) is 13.6 Å². The van der Waals surface area contributed by atoms with Crippen molar-refractivity contribution in [1.82, 2.24) is 14.7 Å². The average Bonchev–Trinajstić information content (AvgIpc) is 2.67. The summed E-state index contributed by atoms with van der Waals surface area (Å²) in [5.41, 5.74) is 7.01. The predicted octanol–water partition coefficient (Wildman–Crippen LogP) is 0.513. The topological polar surface area (TPSA) is 81.2 Å². The fourth-order valence-electron chi connectivity index (χ4n) is 2.77. The third kappa shape index (κ3) is 2.62. The molecule has 1 aromatic rings. The van der Waals surface area contributed by atoms with Gasteiger partial charge in [-0.25, -0.2) is 0 Å². The molecule has 1 aromatic heterocycles. The summed E-state index contributed by atoms with van der Waals surface area (Å²) >= 11 is 0. The molecule has 1 saturated heterocycles. The molecular formula is C13H20N4O2. The average molecular weight is 264 g/mol. The first kappa shape index (κ1) is 13.6. The van der Waals surface area contributed by atoms with Crippen LogP contribution in [0, 0.1) is 12.8 Å². The minimum absolute atomic E-state index is 0.109. The van der Waals surface area contributed by atoms with Gasteiger partial charge in [-0.2, -0.15) is 5.10 Å². The molecule has 2 heterocycles. The van der Waals surface area contributed by atoms with Crippen LogP contribution in [0.5, 0.6) is 0 Å². The summed E-state index contributed by atoms with van der Waals surface area (Å²) in [6, 6.07) is 1.85. The number of rotatable bonds is 1. The van der Waals surface area contributed by atoms with E-state index in [1.54, 1.807) is 9.58 Å². The molecule has 0 spiro atoms. The third-order valence-corrected chi connectivity index (χ3v) is 3.67. The number of likely N-dealkylation sites (tertiary alicyclic amines) is 1. The molecule has 2 N–H and O–H groups in total. The van der Waals surface area contributed by atoms with Gasteiger partial charge in [0.05, 0.1) is 17.4 Å². The molecule has 0 unspecified atom stereocenters. The first-order valence-electron chi connectivity index (χ1n) is 6.51. The van der Waals surface area contributed by atoms with Gasteiger partial charge in [-0.1, -0.05) is 6.92 Å². The molecule has 1 aliphatic heterocycles. The zero-order chi connectivity index (χ0) is 14.2. The summed E-state index contributed by atoms with van der Waals surface area (Å²) in [6.07, 6.45) is 1.86. The second-order valence-corrected chi connectivity index (χ2v) is 5.35. The molecule has 1 aliphatic rings. The number of piperidine rings is 1. The van der Waals surface area contributed by atoms with Crippen LogP contribution in [0.2, 0.25) is 0 Å². The van der Waals surface area contributed by atoms with E-state index in [4.69, 9.17) is 5.73 Å². The van der Waals surface area contributed by atoms with Crippen molar-refractivity contribution in [3.63, 3.8) is 0 Å². The van der Waals surface area contributed by atoms with Crippen LogP contribution >= 0.6 is 0 Å². The number of amides is 2. The Bertz CT molecular complexity index is 509. The molecule has 6 nitrogen and oxygen atoms in total. The highest BCUT2D eigenvalue weighted by molar-refractivity contribution is 6.34. The molecule has 6 heteroatoms. The monoisotopic (exact) mass is 264 g/mol. The fraction of sp³-hybridized carbons (Fsp3) is 0.615. The van der Waals surface area contributed by atoms with E-state index < -0.39 is 11.8 Å². The Labute approximate surface area is 112 Å². The zero-order valence-electron chi connectivity index (χ0n) is 11.6. The van der Waals surface area contributed by atoms with Gasteiger partial charge in [-0.05, 0) is 31.7 Å². The van der Waals surface area contributed by atoms with Crippen molar-refractivity contribution >= 4 is 11.8 Å². The van der Waals surface area contributed by atoms with Gasteiger partial charge in [0.1, 0.15) is 0 Å². The van der Waals surface area contributed by atoms with Crippen LogP contribution in [-0.2, 0) is 16.6 Å². The second-order valence-electron chi connectivity index (χ2n) is 5.35. The zero-order valence-corrected chi connectivity index (χ0v) is 11.6. The highest BCUT2D eigenvalue weighted by Crippen LogP contribution is 2.33. The maximum atomic E-state index is 12.0. The summed E-state index contributed by atoms with van der Waals surface area (Å²) in [4.78, 5) is 24.7. The van der Waals surface area contributed by atoms with Crippen molar-refractivity contribution in [3.8, 4) is 0 Å². The SMILES string of the molecule is Cc1cc([C@H]2CC[C@H](C)CN2C(=O)C(N)=O)n(C)n1. The molecule has 0 radical (unpaired) electrons. The number of aryl methyl sites for hydroxylation is 2. The van der Waals surface area contributed by atoms with Crippen LogP contribution < -0.4 is 5.73 Å². The van der Waals surface area contributed by atoms with E-state index in [-0.39, 0.29) is 6.04 Å². The van der Waals surface area contributed by atoms with Gasteiger partial charge < -0.3 is 10.6 Å². The molecule has 2 amide bonds. The summed E-state index contributed by atoms with van der Waals surface area (Å²) in [5.74, 6) is -1.11. The summed E-state index contributed by atoms with van der Waals surface area (Å²) in [7, 11) is 1.85. The minimum Gasteiger partial charge on any atom is -0.361 e. The maximum Gasteiger partial charge on any atom is 0.312 e. The van der Waals surface area contributed by atoms with Gasteiger partial charge in [0.15, 0.2) is 0 Å². The lowest BCUT2D eigenvalue weighted by Crippen LogP contribution is -2.47. The number of nitrogens with zero attached hydrogens (tertiary/aromatic N) is 3. The number of hydrogen-bond acceptors (Lipinski definition) is 3. The predicted molar refractivity (Wildman–Crippen MR) is 70.0 cm³/mol. The first-order chi connectivity index (χ1) is 8.90. The third-order valence-electron chi connectivity index (χ3n) is 3.67. The molecule has 2 rings (SSSR count). The van der Waals surface area contributed by atoms with Crippen molar-refractivity contribution in [2.75, 3.05) is 6.54 Å². The number of carbonyl (C=O) groups is 2. The Morgan fingerprint density at radius 3 is 2.63 bits per heavy atom. The number of hydrogen-bond donors (Lipinski definition) is 1. The molecule has 0 saturated carbocycles. The van der Waals surface area contributed by atoms with Crippen molar-refractivity contribution in [1.29, 1.82) is 0 Å². The van der Waals surface area contributed by atoms with Crippen molar-refractivity contribution in [2.24, 2.45) is 18.7 Å². The molecule has 19 heavy (non-hydrogen) atoms. The standard InChI is InChI=1S/C13H20N4O2/c1-8-4-5-10(11-6-9(2)15-16(11)3)17(7-8)13(19)12(14)18/h6,8,10H,4-5,7H2,1-3H3,(H2,14,18)/t8-,10+/m0/s1. The lowest BCUT2D eigenvalue weighted by atomic mass is 9.92. The highest BCUT2D eigenvalue weighted by atomic mass is 16.2. The molecule has 2 atom stereocenters. The van der Waals surface area contributed by atoms with Crippen LogP contribution in [0.25, 0.3) is 0 Å². The molecule has 0 bridgehead atoms. The largest absolute Gasteiger partial charge is 0.361 e. The van der Waals surface area contributed by atoms with Crippen molar-refractivity contribution in [2.45, 2.75) is 32.7 Å². The number of carbonyl (C=O) groups excluding carboxylic acids is 2. The van der Waals surface area contributed by atoms with E-state index in [0.717, 1.165) is 24.2 Å². The van der Waals surface area contributed by atoms with E-state index in [1.807, 2.05) is 20.0 Å². The van der Waals surface area contributed by atoms with E-state index in [0.29, 0.717) is 12.5 Å². The smallest absolute Gasteiger partial charge is 0.312 e. The van der Waals surface area contributed by atoms with Gasteiger partial charge in [-0.15, -0.1) is 0 Å². The Morgan fingerprint density at radius 1 is 1.42 bits per heavy atom. The molecule has 1 fully saturated rings. The quantitative estimate of drug-likeness (QED) is 0.750. The van der Waals surface area contributed by atoms with Gasteiger partial charge in [-0.3, -0.25) is 14.3 Å². The minimum atomic E-state index is -0.891. The number of primary amides is 1. The summed E-state index contributed by atoms with van der Waals surface area (Å²) in [6.45, 7) is 4.55. The van der Waals surface area contributed by atoms with Crippen molar-refractivity contribution in [3.05, 3.63) is 17.5 Å². The second kappa shape index (κ2) is 5.03. The highest BCUT2D eigenvalue weighted by Gasteiger charge is 2.34. The molecule has 0 aromatic carbocycles. The maximum absolute atomic E-state index is 12.0. The van der Waals surface area contributed by atoms with Gasteiger partial charge in [0.2, 0.25) is 0 Å². The van der Waals surface area contributed by atoms with Crippen LogP contribution in [-0.4, -0.2) is 33.0 Å². The molecule has 104 valence electrons. The van der Waals surface area contributed by atoms with E-state index in [1.165, 1.54) is 0 Å². The number of nitrogens with two attached hydrogens (primary N) is 1. The molecule has 0 aliphatic carbocycles. The van der Waals surface area contributed by atoms with Crippen LogP contribution in [0.4, 0.5) is 0 Å². The van der Waals surface area contributed by atoms with Crippen LogP contribution in [0.1, 0.15) is 37.2 Å². The lowest BCUT2D eigenvalue weighted by Gasteiger charge is -2.37. The Morgan fingerprint density at radius 2 is 2.11 bits per heavy atom. The summed E-state index contributed by atoms with van der Waals surface area (Å²) in [5, 5.41) is 4.31. The molecular weight excluding hydrogens is 244 g/mol. The Hall–Kier alpha value is -1.85. The summed E-state index contributed by atoms with van der Waals surface area (Å²) < 4.78 is 1.78. The van der Waals surface area contributed by atoms with Gasteiger partial charge in [0.25, 0.3) is 0 Å². The van der Waals surface area contributed by atoms with Crippen LogP contribution in [0.15, 0.2) is 6.07 Å². The van der Waals surface area contributed by atoms with E-state index in [9.17, 15) is 9.59 Å². The lowest BCUT2D eigenvalue weighted by molar-refractivity contribution is -0.147. The van der Waals surface area contributed by atoms with Crippen LogP contribution in [0.3, 0.4) is 0 Å². The first-order valence-corrected chi connectivity index (χ1v) is 6.51. The van der Waals surface area contributed by atoms with E-state index >= 15 is 0 Å². The Balaban J connectivity index is 2.33. The van der Waals surface area contributed by atoms with Gasteiger partial charge >= 0.3 is 11.8 Å².